The third-order valence-electron chi connectivity index (χ3n) is 3.92. The Kier molecular flexibility index (Phi) is 7.08. The molecule has 0 aliphatic carbocycles. The minimum absolute atomic E-state index is 0.136. The summed E-state index contributed by atoms with van der Waals surface area (Å²) in [5, 5.41) is 19.3. The number of amides is 2. The second-order valence-corrected chi connectivity index (χ2v) is 6.79. The maximum absolute atomic E-state index is 11.9. The molecule has 2 rings (SSSR count). The highest BCUT2D eigenvalue weighted by Crippen LogP contribution is 2.12. The zero-order valence-electron chi connectivity index (χ0n) is 14.2. The number of nitrogens with zero attached hydrogens (tertiary/aromatic N) is 1. The van der Waals surface area contributed by atoms with Crippen LogP contribution in [0.1, 0.15) is 11.1 Å². The van der Waals surface area contributed by atoms with Gasteiger partial charge < -0.3 is 20.6 Å². The van der Waals surface area contributed by atoms with E-state index in [0.717, 1.165) is 18.4 Å². The van der Waals surface area contributed by atoms with Crippen molar-refractivity contribution in [3.63, 3.8) is 0 Å². The molecule has 0 aliphatic rings. The molecule has 0 saturated carbocycles. The summed E-state index contributed by atoms with van der Waals surface area (Å²) in [5.74, 6) is 0.267. The number of carbonyl (C=O) groups excluding carboxylic acids is 1. The number of nitrogens with one attached hydrogen (secondary N) is 2. The van der Waals surface area contributed by atoms with Crippen molar-refractivity contribution in [1.29, 1.82) is 0 Å². The molecule has 1 heterocycles. The zero-order chi connectivity index (χ0) is 17.4. The van der Waals surface area contributed by atoms with Gasteiger partial charge in [0.2, 0.25) is 0 Å². The number of likely N-dealkylation sites (N-methyl/N-ethyl adjacent to an activating group) is 1. The van der Waals surface area contributed by atoms with Gasteiger partial charge in [0.25, 0.3) is 0 Å². The maximum atomic E-state index is 11.9. The van der Waals surface area contributed by atoms with Crippen LogP contribution in [0.4, 0.5) is 4.79 Å². The van der Waals surface area contributed by atoms with Gasteiger partial charge in [-0.05, 0) is 67.0 Å². The van der Waals surface area contributed by atoms with E-state index in [-0.39, 0.29) is 17.8 Å². The van der Waals surface area contributed by atoms with Crippen molar-refractivity contribution in [3.05, 3.63) is 52.2 Å². The molecule has 1 aromatic heterocycles. The van der Waals surface area contributed by atoms with Crippen molar-refractivity contribution in [3.8, 4) is 5.75 Å². The third-order valence-corrected chi connectivity index (χ3v) is 4.65. The number of phenols is 1. The van der Waals surface area contributed by atoms with Crippen molar-refractivity contribution in [2.75, 3.05) is 27.2 Å². The molecule has 5 nitrogen and oxygen atoms in total. The smallest absolute Gasteiger partial charge is 0.314 e. The Balaban J connectivity index is 1.73. The summed E-state index contributed by atoms with van der Waals surface area (Å²) in [6.07, 6.45) is 1.66. The van der Waals surface area contributed by atoms with E-state index in [0.29, 0.717) is 13.1 Å². The van der Waals surface area contributed by atoms with Gasteiger partial charge in [-0.3, -0.25) is 0 Å². The number of carbonyl (C=O) groups is 1. The van der Waals surface area contributed by atoms with Crippen molar-refractivity contribution in [2.24, 2.45) is 0 Å². The first kappa shape index (κ1) is 18.3. The molecule has 0 radical (unpaired) electrons. The summed E-state index contributed by atoms with van der Waals surface area (Å²) in [7, 11) is 4.00. The largest absolute Gasteiger partial charge is 0.508 e. The van der Waals surface area contributed by atoms with Crippen molar-refractivity contribution in [2.45, 2.75) is 18.9 Å². The van der Waals surface area contributed by atoms with Gasteiger partial charge in [-0.15, -0.1) is 0 Å². The number of thiophene rings is 1. The van der Waals surface area contributed by atoms with E-state index in [4.69, 9.17) is 0 Å². The molecule has 3 N–H and O–H groups in total. The third kappa shape index (κ3) is 6.22. The summed E-state index contributed by atoms with van der Waals surface area (Å²) in [6.45, 7) is 1.20. The van der Waals surface area contributed by atoms with Gasteiger partial charge >= 0.3 is 6.03 Å². The number of urea groups is 1. The Hall–Kier alpha value is -2.05. The van der Waals surface area contributed by atoms with Gasteiger partial charge in [-0.1, -0.05) is 12.1 Å². The topological polar surface area (TPSA) is 64.6 Å². The SMILES string of the molecule is CN(C)[C@H](CNC(=O)NCCc1ccsc1)Cc1ccc(O)cc1. The maximum Gasteiger partial charge on any atom is 0.314 e. The number of rotatable bonds is 8. The van der Waals surface area contributed by atoms with Gasteiger partial charge in [0.15, 0.2) is 0 Å². The predicted molar refractivity (Wildman–Crippen MR) is 98.7 cm³/mol. The van der Waals surface area contributed by atoms with Crippen molar-refractivity contribution >= 4 is 17.4 Å². The minimum Gasteiger partial charge on any atom is -0.508 e. The van der Waals surface area contributed by atoms with Crippen molar-refractivity contribution < 1.29 is 9.90 Å². The molecule has 1 aromatic carbocycles. The number of phenolic OH excluding ortho intramolecular Hbond substituents is 1. The summed E-state index contributed by atoms with van der Waals surface area (Å²) >= 11 is 1.67. The van der Waals surface area contributed by atoms with Crippen LogP contribution in [0, 0.1) is 0 Å². The van der Waals surface area contributed by atoms with Crippen LogP contribution in [0.5, 0.6) is 5.75 Å². The fraction of sp³-hybridized carbons (Fsp3) is 0.389. The van der Waals surface area contributed by atoms with Crippen LogP contribution in [-0.2, 0) is 12.8 Å². The highest BCUT2D eigenvalue weighted by Gasteiger charge is 2.13. The molecular formula is C18H25N3O2S. The number of benzene rings is 1. The van der Waals surface area contributed by atoms with Gasteiger partial charge in [-0.25, -0.2) is 4.79 Å². The molecule has 0 spiro atoms. The number of hydrogen-bond acceptors (Lipinski definition) is 4. The van der Waals surface area contributed by atoms with E-state index in [9.17, 15) is 9.90 Å². The minimum atomic E-state index is -0.136. The first-order valence-corrected chi connectivity index (χ1v) is 8.96. The van der Waals surface area contributed by atoms with Gasteiger partial charge in [0.1, 0.15) is 5.75 Å². The molecule has 2 aromatic rings. The van der Waals surface area contributed by atoms with Crippen LogP contribution in [0.3, 0.4) is 0 Å². The molecule has 2 amide bonds. The molecule has 1 atom stereocenters. The fourth-order valence-corrected chi connectivity index (χ4v) is 3.07. The average Bonchev–Trinajstić information content (AvgIpc) is 3.06. The second-order valence-electron chi connectivity index (χ2n) is 6.01. The Labute approximate surface area is 147 Å². The standard InChI is InChI=1S/C18H25N3O2S/c1-21(2)16(11-14-3-5-17(22)6-4-14)12-20-18(23)19-9-7-15-8-10-24-13-15/h3-6,8,10,13,16,22H,7,9,11-12H2,1-2H3,(H2,19,20,23)/t16-/m0/s1. The Morgan fingerprint density at radius 3 is 2.54 bits per heavy atom. The van der Waals surface area contributed by atoms with Crippen LogP contribution in [0.15, 0.2) is 41.1 Å². The molecule has 0 aliphatic heterocycles. The summed E-state index contributed by atoms with van der Waals surface area (Å²) in [5.41, 5.74) is 2.38. The van der Waals surface area contributed by atoms with Crippen molar-refractivity contribution in [1.82, 2.24) is 15.5 Å². The lowest BCUT2D eigenvalue weighted by Gasteiger charge is -2.25. The summed E-state index contributed by atoms with van der Waals surface area (Å²) < 4.78 is 0. The lowest BCUT2D eigenvalue weighted by Crippen LogP contribution is -2.45. The predicted octanol–water partition coefficient (Wildman–Crippen LogP) is 2.47. The highest BCUT2D eigenvalue weighted by atomic mass is 32.1. The second kappa shape index (κ2) is 9.30. The number of aromatic hydroxyl groups is 1. The fourth-order valence-electron chi connectivity index (χ4n) is 2.37. The van der Waals surface area contributed by atoms with Crippen LogP contribution in [0.2, 0.25) is 0 Å². The molecule has 0 unspecified atom stereocenters. The van der Waals surface area contributed by atoms with Crippen LogP contribution < -0.4 is 10.6 Å². The zero-order valence-corrected chi connectivity index (χ0v) is 15.0. The average molecular weight is 347 g/mol. The molecule has 24 heavy (non-hydrogen) atoms. The first-order valence-electron chi connectivity index (χ1n) is 8.01. The van der Waals surface area contributed by atoms with Crippen LogP contribution in [0.25, 0.3) is 0 Å². The Bertz CT molecular complexity index is 612. The molecule has 0 fully saturated rings. The van der Waals surface area contributed by atoms with Gasteiger partial charge in [0, 0.05) is 19.1 Å². The molecule has 6 heteroatoms. The summed E-state index contributed by atoms with van der Waals surface area (Å²) in [6, 6.07) is 9.32. The van der Waals surface area contributed by atoms with Crippen LogP contribution in [-0.4, -0.2) is 49.3 Å². The Morgan fingerprint density at radius 2 is 1.92 bits per heavy atom. The van der Waals surface area contributed by atoms with E-state index < -0.39 is 0 Å². The molecular weight excluding hydrogens is 322 g/mol. The molecule has 0 bridgehead atoms. The lowest BCUT2D eigenvalue weighted by atomic mass is 10.1. The van der Waals surface area contributed by atoms with Crippen LogP contribution >= 0.6 is 11.3 Å². The van der Waals surface area contributed by atoms with E-state index >= 15 is 0 Å². The normalized spacial score (nSPS) is 12.1. The quantitative estimate of drug-likeness (QED) is 0.687. The summed E-state index contributed by atoms with van der Waals surface area (Å²) in [4.78, 5) is 14.0. The van der Waals surface area contributed by atoms with E-state index in [1.807, 2.05) is 31.6 Å². The van der Waals surface area contributed by atoms with E-state index in [1.165, 1.54) is 5.56 Å². The van der Waals surface area contributed by atoms with Gasteiger partial charge in [0.05, 0.1) is 0 Å². The Morgan fingerprint density at radius 1 is 1.17 bits per heavy atom. The monoisotopic (exact) mass is 347 g/mol. The van der Waals surface area contributed by atoms with E-state index in [2.05, 4.69) is 27.0 Å². The highest BCUT2D eigenvalue weighted by molar-refractivity contribution is 7.07. The lowest BCUT2D eigenvalue weighted by molar-refractivity contribution is 0.232. The molecule has 0 saturated heterocycles. The van der Waals surface area contributed by atoms with Gasteiger partial charge in [-0.2, -0.15) is 11.3 Å². The first-order chi connectivity index (χ1) is 11.5. The molecule has 130 valence electrons. The van der Waals surface area contributed by atoms with E-state index in [1.54, 1.807) is 23.5 Å². The number of hydrogen-bond donors (Lipinski definition) is 3.